The molecule has 2 fully saturated rings. The zero-order valence-corrected chi connectivity index (χ0v) is 13.9. The Balaban J connectivity index is 2.04. The molecule has 2 aliphatic rings. The number of anilines is 1. The Morgan fingerprint density at radius 3 is 2.52 bits per heavy atom. The molecule has 1 aromatic rings. The molecule has 2 atom stereocenters. The first-order valence-electron chi connectivity index (χ1n) is 7.86. The second-order valence-corrected chi connectivity index (χ2v) is 7.46. The van der Waals surface area contributed by atoms with Gasteiger partial charge in [-0.2, -0.15) is 0 Å². The van der Waals surface area contributed by atoms with Crippen LogP contribution in [-0.4, -0.2) is 22.6 Å². The minimum atomic E-state index is -1.17. The Kier molecular flexibility index (Phi) is 3.19. The number of Topliss-reactive ketones (excluding diaryl/α,β-unsaturated/α-hetero) is 1. The molecule has 0 aliphatic heterocycles. The Labute approximate surface area is 135 Å². The zero-order chi connectivity index (χ0) is 17.0. The molecule has 0 radical (unpaired) electrons. The molecule has 2 bridgehead atoms. The standard InChI is InChI=1S/C18H22N2O3/c1-11-6-5-7-12(10-11)19-15(22)18-9-8-17(4,16(18,2)3)13(20-23)14(18)21/h5-7,10,23H,8-9H2,1-4H3,(H,19,22)/b20-13+. The number of rotatable bonds is 2. The van der Waals surface area contributed by atoms with Crippen molar-refractivity contribution in [1.82, 2.24) is 0 Å². The highest BCUT2D eigenvalue weighted by Crippen LogP contribution is 2.69. The first-order chi connectivity index (χ1) is 10.7. The normalized spacial score (nSPS) is 33.2. The van der Waals surface area contributed by atoms with Crippen LogP contribution >= 0.6 is 0 Å². The number of hydrogen-bond donors (Lipinski definition) is 2. The maximum Gasteiger partial charge on any atom is 0.239 e. The lowest BCUT2D eigenvalue weighted by molar-refractivity contribution is -0.140. The van der Waals surface area contributed by atoms with Crippen molar-refractivity contribution in [2.24, 2.45) is 21.4 Å². The van der Waals surface area contributed by atoms with Gasteiger partial charge < -0.3 is 10.5 Å². The van der Waals surface area contributed by atoms with Gasteiger partial charge in [-0.15, -0.1) is 0 Å². The van der Waals surface area contributed by atoms with E-state index < -0.39 is 16.2 Å². The van der Waals surface area contributed by atoms with E-state index >= 15 is 0 Å². The Morgan fingerprint density at radius 1 is 1.26 bits per heavy atom. The highest BCUT2D eigenvalue weighted by Gasteiger charge is 2.76. The van der Waals surface area contributed by atoms with Crippen LogP contribution in [0.3, 0.4) is 0 Å². The average Bonchev–Trinajstić information content (AvgIpc) is 2.75. The van der Waals surface area contributed by atoms with E-state index in [2.05, 4.69) is 10.5 Å². The predicted molar refractivity (Wildman–Crippen MR) is 87.6 cm³/mol. The van der Waals surface area contributed by atoms with E-state index in [1.54, 1.807) is 0 Å². The second-order valence-electron chi connectivity index (χ2n) is 7.46. The van der Waals surface area contributed by atoms with Crippen LogP contribution in [0, 0.1) is 23.2 Å². The molecule has 0 heterocycles. The number of hydrogen-bond acceptors (Lipinski definition) is 4. The summed E-state index contributed by atoms with van der Waals surface area (Å²) in [7, 11) is 0. The van der Waals surface area contributed by atoms with Gasteiger partial charge in [0.25, 0.3) is 0 Å². The average molecular weight is 314 g/mol. The summed E-state index contributed by atoms with van der Waals surface area (Å²) in [4.78, 5) is 26.0. The fourth-order valence-electron chi connectivity index (χ4n) is 4.41. The summed E-state index contributed by atoms with van der Waals surface area (Å²) >= 11 is 0. The van der Waals surface area contributed by atoms with Gasteiger partial charge in [0.15, 0.2) is 5.78 Å². The lowest BCUT2D eigenvalue weighted by Crippen LogP contribution is -2.47. The van der Waals surface area contributed by atoms with Crippen LogP contribution in [0.4, 0.5) is 5.69 Å². The maximum absolute atomic E-state index is 13.1. The molecular formula is C18H22N2O3. The molecule has 0 saturated heterocycles. The van der Waals surface area contributed by atoms with E-state index in [9.17, 15) is 14.8 Å². The summed E-state index contributed by atoms with van der Waals surface area (Å²) in [5.41, 5.74) is -0.516. The quantitative estimate of drug-likeness (QED) is 0.500. The van der Waals surface area contributed by atoms with Gasteiger partial charge >= 0.3 is 0 Å². The molecule has 2 saturated carbocycles. The van der Waals surface area contributed by atoms with Crippen molar-refractivity contribution < 1.29 is 14.8 Å². The van der Waals surface area contributed by atoms with Gasteiger partial charge in [0.1, 0.15) is 11.1 Å². The Bertz CT molecular complexity index is 738. The van der Waals surface area contributed by atoms with Crippen LogP contribution in [0.15, 0.2) is 29.4 Å². The van der Waals surface area contributed by atoms with E-state index in [0.29, 0.717) is 18.5 Å². The highest BCUT2D eigenvalue weighted by molar-refractivity contribution is 6.51. The van der Waals surface area contributed by atoms with Crippen LogP contribution in [0.2, 0.25) is 0 Å². The number of carbonyl (C=O) groups is 2. The molecule has 3 rings (SSSR count). The Hall–Kier alpha value is -2.17. The molecule has 122 valence electrons. The molecule has 23 heavy (non-hydrogen) atoms. The first-order valence-corrected chi connectivity index (χ1v) is 7.86. The zero-order valence-electron chi connectivity index (χ0n) is 13.9. The van der Waals surface area contributed by atoms with Crippen molar-refractivity contribution in [3.8, 4) is 0 Å². The lowest BCUT2D eigenvalue weighted by atomic mass is 9.64. The fraction of sp³-hybridized carbons (Fsp3) is 0.500. The smallest absolute Gasteiger partial charge is 0.239 e. The van der Waals surface area contributed by atoms with Crippen molar-refractivity contribution in [3.05, 3.63) is 29.8 Å². The molecule has 5 heteroatoms. The van der Waals surface area contributed by atoms with Crippen molar-refractivity contribution >= 4 is 23.1 Å². The number of amides is 1. The Morgan fingerprint density at radius 2 is 1.96 bits per heavy atom. The topological polar surface area (TPSA) is 78.8 Å². The third kappa shape index (κ3) is 1.70. The number of nitrogens with zero attached hydrogens (tertiary/aromatic N) is 1. The van der Waals surface area contributed by atoms with Crippen molar-refractivity contribution in [2.45, 2.75) is 40.5 Å². The summed E-state index contributed by atoms with van der Waals surface area (Å²) in [6.07, 6.45) is 1.14. The summed E-state index contributed by atoms with van der Waals surface area (Å²) < 4.78 is 0. The van der Waals surface area contributed by atoms with Gasteiger partial charge in [0, 0.05) is 11.1 Å². The van der Waals surface area contributed by atoms with Crippen LogP contribution < -0.4 is 5.32 Å². The second kappa shape index (κ2) is 4.66. The molecular weight excluding hydrogens is 292 g/mol. The maximum atomic E-state index is 13.1. The fourth-order valence-corrected chi connectivity index (χ4v) is 4.41. The molecule has 2 aliphatic carbocycles. The van der Waals surface area contributed by atoms with E-state index in [4.69, 9.17) is 0 Å². The number of ketones is 1. The van der Waals surface area contributed by atoms with Crippen molar-refractivity contribution in [3.63, 3.8) is 0 Å². The van der Waals surface area contributed by atoms with Crippen molar-refractivity contribution in [1.29, 1.82) is 0 Å². The summed E-state index contributed by atoms with van der Waals surface area (Å²) in [6.45, 7) is 7.70. The first kappa shape index (κ1) is 15.7. The monoisotopic (exact) mass is 314 g/mol. The molecule has 1 amide bonds. The van der Waals surface area contributed by atoms with Gasteiger partial charge in [0.05, 0.1) is 0 Å². The highest BCUT2D eigenvalue weighted by atomic mass is 16.4. The minimum absolute atomic E-state index is 0.133. The summed E-state index contributed by atoms with van der Waals surface area (Å²) in [5.74, 6) is -0.649. The van der Waals surface area contributed by atoms with E-state index in [-0.39, 0.29) is 17.4 Å². The number of aryl methyl sites for hydroxylation is 1. The van der Waals surface area contributed by atoms with E-state index in [1.165, 1.54) is 0 Å². The minimum Gasteiger partial charge on any atom is -0.411 e. The predicted octanol–water partition coefficient (Wildman–Crippen LogP) is 3.16. The van der Waals surface area contributed by atoms with Gasteiger partial charge in [-0.1, -0.05) is 38.1 Å². The van der Waals surface area contributed by atoms with E-state index in [0.717, 1.165) is 5.56 Å². The van der Waals surface area contributed by atoms with Gasteiger partial charge in [-0.05, 0) is 42.9 Å². The SMILES string of the molecule is Cc1cccc(NC(=O)C23CCC(C)(/C(=N/O)C2=O)C3(C)C)c1. The number of nitrogens with one attached hydrogen (secondary N) is 1. The molecule has 2 unspecified atom stereocenters. The third-order valence-electron chi connectivity index (χ3n) is 6.34. The number of oxime groups is 1. The van der Waals surface area contributed by atoms with Crippen LogP contribution in [0.25, 0.3) is 0 Å². The lowest BCUT2D eigenvalue weighted by Gasteiger charge is -2.37. The summed E-state index contributed by atoms with van der Waals surface area (Å²) in [6, 6.07) is 7.49. The molecule has 5 nitrogen and oxygen atoms in total. The summed E-state index contributed by atoms with van der Waals surface area (Å²) in [5, 5.41) is 15.5. The largest absolute Gasteiger partial charge is 0.411 e. The number of benzene rings is 1. The van der Waals surface area contributed by atoms with Gasteiger partial charge in [-0.25, -0.2) is 0 Å². The molecule has 0 aromatic heterocycles. The van der Waals surface area contributed by atoms with Crippen LogP contribution in [-0.2, 0) is 9.59 Å². The molecule has 1 aromatic carbocycles. The van der Waals surface area contributed by atoms with Crippen LogP contribution in [0.5, 0.6) is 0 Å². The third-order valence-corrected chi connectivity index (χ3v) is 6.34. The van der Waals surface area contributed by atoms with E-state index in [1.807, 2.05) is 52.0 Å². The van der Waals surface area contributed by atoms with Gasteiger partial charge in [0.2, 0.25) is 5.91 Å². The number of fused-ring (bicyclic) bond motifs is 2. The molecule has 0 spiro atoms. The number of carbonyl (C=O) groups excluding carboxylic acids is 2. The molecule has 2 N–H and O–H groups in total. The van der Waals surface area contributed by atoms with Crippen molar-refractivity contribution in [2.75, 3.05) is 5.32 Å². The van der Waals surface area contributed by atoms with Gasteiger partial charge in [-0.3, -0.25) is 9.59 Å². The van der Waals surface area contributed by atoms with Crippen LogP contribution in [0.1, 0.15) is 39.2 Å².